The quantitative estimate of drug-likeness (QED) is 0.856. The van der Waals surface area contributed by atoms with Crippen LogP contribution in [0.1, 0.15) is 30.1 Å². The van der Waals surface area contributed by atoms with E-state index in [0.29, 0.717) is 0 Å². The Morgan fingerprint density at radius 1 is 1.47 bits per heavy atom. The van der Waals surface area contributed by atoms with Gasteiger partial charge in [-0.1, -0.05) is 0 Å². The molecule has 2 aromatic rings. The first-order valence-corrected chi connectivity index (χ1v) is 7.58. The molecule has 3 rings (SSSR count). The van der Waals surface area contributed by atoms with Gasteiger partial charge >= 0.3 is 0 Å². The average molecular weight is 281 g/mol. The van der Waals surface area contributed by atoms with Gasteiger partial charge in [0.2, 0.25) is 0 Å². The van der Waals surface area contributed by atoms with Crippen LogP contribution in [0.15, 0.2) is 23.7 Å². The lowest BCUT2D eigenvalue weighted by molar-refractivity contribution is 0.497. The molecule has 102 valence electrons. The van der Waals surface area contributed by atoms with Crippen molar-refractivity contribution < 1.29 is 8.42 Å². The van der Waals surface area contributed by atoms with Crippen LogP contribution in [0.4, 0.5) is 0 Å². The third kappa shape index (κ3) is 2.17. The summed E-state index contributed by atoms with van der Waals surface area (Å²) in [7, 11) is -1.68. The van der Waals surface area contributed by atoms with Crippen LogP contribution < -0.4 is 4.72 Å². The summed E-state index contributed by atoms with van der Waals surface area (Å²) in [6.07, 6.45) is 7.07. The van der Waals surface area contributed by atoms with Gasteiger partial charge in [-0.3, -0.25) is 4.68 Å². The van der Waals surface area contributed by atoms with Crippen LogP contribution >= 0.6 is 0 Å². The van der Waals surface area contributed by atoms with E-state index in [-0.39, 0.29) is 11.1 Å². The van der Waals surface area contributed by atoms with Gasteiger partial charge in [0.25, 0.3) is 10.0 Å². The molecule has 0 bridgehead atoms. The number of hydrogen-bond acceptors (Lipinski definition) is 4. The molecule has 1 aliphatic rings. The molecule has 0 spiro atoms. The molecule has 19 heavy (non-hydrogen) atoms. The van der Waals surface area contributed by atoms with Crippen molar-refractivity contribution in [2.45, 2.75) is 30.3 Å². The molecule has 0 fully saturated rings. The first-order chi connectivity index (χ1) is 9.08. The lowest BCUT2D eigenvalue weighted by atomic mass is 9.94. The van der Waals surface area contributed by atoms with Gasteiger partial charge in [-0.15, -0.1) is 0 Å². The Morgan fingerprint density at radius 3 is 3.05 bits per heavy atom. The van der Waals surface area contributed by atoms with Crippen LogP contribution in [0.3, 0.4) is 0 Å². The van der Waals surface area contributed by atoms with E-state index in [2.05, 4.69) is 19.8 Å². The summed E-state index contributed by atoms with van der Waals surface area (Å²) in [6.45, 7) is 0. The highest BCUT2D eigenvalue weighted by Gasteiger charge is 2.28. The Morgan fingerprint density at radius 2 is 2.32 bits per heavy atom. The molecular weight excluding hydrogens is 266 g/mol. The number of nitrogens with one attached hydrogen (secondary N) is 2. The summed E-state index contributed by atoms with van der Waals surface area (Å²) in [5.41, 5.74) is 2.07. The highest BCUT2D eigenvalue weighted by molar-refractivity contribution is 7.89. The highest BCUT2D eigenvalue weighted by Crippen LogP contribution is 2.30. The lowest BCUT2D eigenvalue weighted by Gasteiger charge is -2.23. The van der Waals surface area contributed by atoms with Crippen LogP contribution in [0.25, 0.3) is 0 Å². The molecule has 1 atom stereocenters. The van der Waals surface area contributed by atoms with Gasteiger partial charge in [-0.2, -0.15) is 5.10 Å². The predicted octanol–water partition coefficient (Wildman–Crippen LogP) is 0.499. The molecule has 0 saturated heterocycles. The topological polar surface area (TPSA) is 92.7 Å². The molecule has 0 radical (unpaired) electrons. The second-order valence-electron chi connectivity index (χ2n) is 4.65. The molecule has 2 heterocycles. The molecule has 0 amide bonds. The SMILES string of the molecule is Cn1ncc2c1CCCC2NS(=O)(=O)c1cnc[nH]1. The number of aryl methyl sites for hydroxylation is 1. The zero-order chi connectivity index (χ0) is 13.5. The molecule has 7 nitrogen and oxygen atoms in total. The van der Waals surface area contributed by atoms with E-state index in [0.717, 1.165) is 30.5 Å². The summed E-state index contributed by atoms with van der Waals surface area (Å²) in [6, 6.07) is -0.217. The van der Waals surface area contributed by atoms with E-state index in [1.807, 2.05) is 11.7 Å². The Balaban J connectivity index is 1.89. The van der Waals surface area contributed by atoms with Crippen LogP contribution in [-0.4, -0.2) is 28.2 Å². The number of fused-ring (bicyclic) bond motifs is 1. The molecule has 0 saturated carbocycles. The third-order valence-corrected chi connectivity index (χ3v) is 4.83. The standard InChI is InChI=1S/C11H15N5O2S/c1-16-10-4-2-3-9(8(10)5-14-16)15-19(17,18)11-6-12-7-13-11/h5-7,9,15H,2-4H2,1H3,(H,12,13). The maximum atomic E-state index is 12.2. The minimum absolute atomic E-state index is 0.0866. The summed E-state index contributed by atoms with van der Waals surface area (Å²) < 4.78 is 28.9. The van der Waals surface area contributed by atoms with E-state index >= 15 is 0 Å². The molecular formula is C11H15N5O2S. The van der Waals surface area contributed by atoms with Crippen molar-refractivity contribution in [1.29, 1.82) is 0 Å². The predicted molar refractivity (Wildman–Crippen MR) is 67.8 cm³/mol. The first kappa shape index (κ1) is 12.4. The molecule has 2 N–H and O–H groups in total. The van der Waals surface area contributed by atoms with Crippen molar-refractivity contribution in [3.8, 4) is 0 Å². The molecule has 2 aromatic heterocycles. The number of hydrogen-bond donors (Lipinski definition) is 2. The first-order valence-electron chi connectivity index (χ1n) is 6.09. The summed E-state index contributed by atoms with van der Waals surface area (Å²) >= 11 is 0. The fourth-order valence-electron chi connectivity index (χ4n) is 2.47. The number of sulfonamides is 1. The maximum Gasteiger partial charge on any atom is 0.258 e. The van der Waals surface area contributed by atoms with Crippen LogP contribution in [0.2, 0.25) is 0 Å². The maximum absolute atomic E-state index is 12.2. The van der Waals surface area contributed by atoms with Gasteiger partial charge in [-0.25, -0.2) is 18.1 Å². The smallest absolute Gasteiger partial charge is 0.258 e. The Labute approximate surface area is 111 Å². The van der Waals surface area contributed by atoms with E-state index in [1.54, 1.807) is 6.20 Å². The monoisotopic (exact) mass is 281 g/mol. The molecule has 8 heteroatoms. The minimum atomic E-state index is -3.56. The molecule has 1 unspecified atom stereocenters. The highest BCUT2D eigenvalue weighted by atomic mass is 32.2. The average Bonchev–Trinajstić information content (AvgIpc) is 3.00. The zero-order valence-electron chi connectivity index (χ0n) is 10.5. The third-order valence-electron chi connectivity index (χ3n) is 3.44. The molecule has 0 aliphatic heterocycles. The minimum Gasteiger partial charge on any atom is -0.335 e. The zero-order valence-corrected chi connectivity index (χ0v) is 11.3. The second-order valence-corrected chi connectivity index (χ2v) is 6.33. The van der Waals surface area contributed by atoms with E-state index in [4.69, 9.17) is 0 Å². The van der Waals surface area contributed by atoms with Crippen molar-refractivity contribution in [2.24, 2.45) is 7.05 Å². The number of rotatable bonds is 3. The summed E-state index contributed by atoms with van der Waals surface area (Å²) in [5, 5.41) is 4.29. The second kappa shape index (κ2) is 4.46. The van der Waals surface area contributed by atoms with Crippen LogP contribution in [0, 0.1) is 0 Å². The Hall–Kier alpha value is -1.67. The van der Waals surface area contributed by atoms with Crippen molar-refractivity contribution >= 4 is 10.0 Å². The normalized spacial score (nSPS) is 19.3. The summed E-state index contributed by atoms with van der Waals surface area (Å²) in [5.74, 6) is 0. The molecule has 1 aliphatic carbocycles. The Bertz CT molecular complexity index is 674. The number of aromatic amines is 1. The van der Waals surface area contributed by atoms with E-state index < -0.39 is 10.0 Å². The van der Waals surface area contributed by atoms with Gasteiger partial charge in [0.05, 0.1) is 24.8 Å². The van der Waals surface area contributed by atoms with Gasteiger partial charge in [0, 0.05) is 18.3 Å². The van der Waals surface area contributed by atoms with Gasteiger partial charge < -0.3 is 4.98 Å². The van der Waals surface area contributed by atoms with Crippen molar-refractivity contribution in [2.75, 3.05) is 0 Å². The van der Waals surface area contributed by atoms with Gasteiger partial charge in [0.1, 0.15) is 0 Å². The van der Waals surface area contributed by atoms with E-state index in [1.165, 1.54) is 12.5 Å². The van der Waals surface area contributed by atoms with Gasteiger partial charge in [0.15, 0.2) is 5.03 Å². The van der Waals surface area contributed by atoms with Crippen molar-refractivity contribution in [1.82, 2.24) is 24.5 Å². The van der Waals surface area contributed by atoms with Gasteiger partial charge in [-0.05, 0) is 19.3 Å². The van der Waals surface area contributed by atoms with Crippen molar-refractivity contribution in [3.05, 3.63) is 30.0 Å². The van der Waals surface area contributed by atoms with Crippen LogP contribution in [0.5, 0.6) is 0 Å². The fraction of sp³-hybridized carbons (Fsp3) is 0.455. The van der Waals surface area contributed by atoms with Crippen molar-refractivity contribution in [3.63, 3.8) is 0 Å². The number of aromatic nitrogens is 4. The number of H-pyrrole nitrogens is 1. The number of imidazole rings is 1. The van der Waals surface area contributed by atoms with E-state index in [9.17, 15) is 8.42 Å². The largest absolute Gasteiger partial charge is 0.335 e. The Kier molecular flexibility index (Phi) is 2.90. The fourth-order valence-corrected chi connectivity index (χ4v) is 3.62. The number of nitrogens with zero attached hydrogens (tertiary/aromatic N) is 3. The molecule has 0 aromatic carbocycles. The van der Waals surface area contributed by atoms with Crippen LogP contribution in [-0.2, 0) is 23.5 Å². The lowest BCUT2D eigenvalue weighted by Crippen LogP contribution is -2.31. The summed E-state index contributed by atoms with van der Waals surface area (Å²) in [4.78, 5) is 6.35.